The fraction of sp³-hybridized carbons (Fsp3) is 0.533. The summed E-state index contributed by atoms with van der Waals surface area (Å²) in [7, 11) is 0. The molecule has 2 amide bonds. The summed E-state index contributed by atoms with van der Waals surface area (Å²) in [5.74, 6) is -1.03. The van der Waals surface area contributed by atoms with Gasteiger partial charge in [0.15, 0.2) is 12.6 Å². The molecule has 2 aromatic carbocycles. The van der Waals surface area contributed by atoms with Crippen LogP contribution in [0.1, 0.15) is 25.0 Å². The monoisotopic (exact) mass is 604 g/mol. The van der Waals surface area contributed by atoms with E-state index < -0.39 is 79.7 Å². The van der Waals surface area contributed by atoms with Gasteiger partial charge in [0.2, 0.25) is 11.8 Å². The van der Waals surface area contributed by atoms with Crippen molar-refractivity contribution in [2.75, 3.05) is 13.2 Å². The number of nitrogens with one attached hydrogen (secondary N) is 2. The van der Waals surface area contributed by atoms with Gasteiger partial charge in [-0.05, 0) is 11.1 Å². The van der Waals surface area contributed by atoms with E-state index in [1.807, 2.05) is 60.7 Å². The van der Waals surface area contributed by atoms with Gasteiger partial charge in [-0.15, -0.1) is 0 Å². The highest BCUT2D eigenvalue weighted by Gasteiger charge is 2.52. The zero-order valence-corrected chi connectivity index (χ0v) is 24.0. The minimum absolute atomic E-state index is 0.0285. The SMILES string of the molecule is CC(=O)N[C@@H]1[C@@H](O[C@@H]2O[C@H](CO)[C@H](O)[C@H](O)[C@H]2NC(C)=O)[C@@H](OCc2ccccc2)[C@@H](COCc2ccccc2)O[C@@H]1O. The molecule has 0 radical (unpaired) electrons. The number of carbonyl (C=O) groups is 2. The molecule has 13 heteroatoms. The molecule has 2 aliphatic rings. The minimum Gasteiger partial charge on any atom is -0.394 e. The molecule has 0 saturated carbocycles. The molecule has 2 aromatic rings. The lowest BCUT2D eigenvalue weighted by atomic mass is 9.94. The highest BCUT2D eigenvalue weighted by molar-refractivity contribution is 5.73. The van der Waals surface area contributed by atoms with Crippen molar-refractivity contribution in [3.8, 4) is 0 Å². The molecule has 2 saturated heterocycles. The fourth-order valence-electron chi connectivity index (χ4n) is 5.18. The molecule has 0 bridgehead atoms. The van der Waals surface area contributed by atoms with Gasteiger partial charge in [-0.2, -0.15) is 0 Å². The lowest BCUT2D eigenvalue weighted by molar-refractivity contribution is -0.329. The van der Waals surface area contributed by atoms with Crippen LogP contribution in [0.15, 0.2) is 60.7 Å². The summed E-state index contributed by atoms with van der Waals surface area (Å²) in [6.45, 7) is 2.16. The van der Waals surface area contributed by atoms with Crippen LogP contribution in [0.5, 0.6) is 0 Å². The van der Waals surface area contributed by atoms with Crippen molar-refractivity contribution in [2.24, 2.45) is 0 Å². The van der Waals surface area contributed by atoms with Crippen LogP contribution in [0.3, 0.4) is 0 Å². The van der Waals surface area contributed by atoms with Crippen molar-refractivity contribution >= 4 is 11.8 Å². The molecule has 2 fully saturated rings. The van der Waals surface area contributed by atoms with Gasteiger partial charge in [0.1, 0.15) is 48.7 Å². The molecule has 0 aromatic heterocycles. The third kappa shape index (κ3) is 8.79. The van der Waals surface area contributed by atoms with E-state index >= 15 is 0 Å². The first-order valence-corrected chi connectivity index (χ1v) is 14.1. The van der Waals surface area contributed by atoms with E-state index in [-0.39, 0.29) is 19.8 Å². The van der Waals surface area contributed by atoms with Crippen molar-refractivity contribution in [2.45, 2.75) is 88.3 Å². The summed E-state index contributed by atoms with van der Waals surface area (Å²) in [6.07, 6.45) is -10.4. The summed E-state index contributed by atoms with van der Waals surface area (Å²) >= 11 is 0. The Hall–Kier alpha value is -2.98. The minimum atomic E-state index is -1.57. The molecule has 0 unspecified atom stereocenters. The van der Waals surface area contributed by atoms with E-state index in [1.54, 1.807) is 0 Å². The van der Waals surface area contributed by atoms with Gasteiger partial charge in [0.25, 0.3) is 0 Å². The third-order valence-electron chi connectivity index (χ3n) is 7.26. The number of amides is 2. The smallest absolute Gasteiger partial charge is 0.217 e. The Morgan fingerprint density at radius 3 is 1.93 bits per heavy atom. The summed E-state index contributed by atoms with van der Waals surface area (Å²) in [6, 6.07) is 16.3. The summed E-state index contributed by atoms with van der Waals surface area (Å²) in [4.78, 5) is 24.2. The van der Waals surface area contributed by atoms with Crippen LogP contribution in [0, 0.1) is 0 Å². The van der Waals surface area contributed by atoms with Crippen molar-refractivity contribution in [1.29, 1.82) is 0 Å². The topological polar surface area (TPSA) is 185 Å². The van der Waals surface area contributed by atoms with Gasteiger partial charge in [-0.1, -0.05) is 60.7 Å². The summed E-state index contributed by atoms with van der Waals surface area (Å²) in [5.41, 5.74) is 1.75. The van der Waals surface area contributed by atoms with E-state index in [0.29, 0.717) is 0 Å². The van der Waals surface area contributed by atoms with Crippen molar-refractivity contribution < 1.29 is 53.7 Å². The zero-order chi connectivity index (χ0) is 30.9. The van der Waals surface area contributed by atoms with E-state index in [1.165, 1.54) is 13.8 Å². The molecular weight excluding hydrogens is 564 g/mol. The number of aliphatic hydroxyl groups excluding tert-OH is 4. The Morgan fingerprint density at radius 2 is 1.35 bits per heavy atom. The van der Waals surface area contributed by atoms with Gasteiger partial charge in [0.05, 0.1) is 26.4 Å². The molecular formula is C30H40N2O11. The predicted octanol–water partition coefficient (Wildman–Crippen LogP) is -0.661. The Balaban J connectivity index is 1.64. The number of aliphatic hydroxyl groups is 4. The van der Waals surface area contributed by atoms with Crippen LogP contribution in [0.2, 0.25) is 0 Å². The second-order valence-electron chi connectivity index (χ2n) is 10.6. The second-order valence-corrected chi connectivity index (χ2v) is 10.6. The Morgan fingerprint density at radius 1 is 0.767 bits per heavy atom. The van der Waals surface area contributed by atoms with Crippen LogP contribution in [0.25, 0.3) is 0 Å². The molecule has 13 nitrogen and oxygen atoms in total. The molecule has 6 N–H and O–H groups in total. The van der Waals surface area contributed by atoms with Crippen molar-refractivity contribution in [3.05, 3.63) is 71.8 Å². The molecule has 2 aliphatic heterocycles. The zero-order valence-electron chi connectivity index (χ0n) is 24.0. The second kappa shape index (κ2) is 15.7. The van der Waals surface area contributed by atoms with E-state index in [0.717, 1.165) is 11.1 Å². The maximum absolute atomic E-state index is 12.2. The summed E-state index contributed by atoms with van der Waals surface area (Å²) in [5, 5.41) is 47.3. The van der Waals surface area contributed by atoms with Crippen LogP contribution in [-0.4, -0.2) is 107 Å². The van der Waals surface area contributed by atoms with Crippen molar-refractivity contribution in [1.82, 2.24) is 10.6 Å². The normalized spacial score (nSPS) is 32.6. The molecule has 43 heavy (non-hydrogen) atoms. The van der Waals surface area contributed by atoms with Gasteiger partial charge in [0, 0.05) is 13.8 Å². The first-order chi connectivity index (χ1) is 20.7. The maximum atomic E-state index is 12.2. The number of carbonyl (C=O) groups excluding carboxylic acids is 2. The van der Waals surface area contributed by atoms with Gasteiger partial charge < -0.3 is 54.7 Å². The van der Waals surface area contributed by atoms with E-state index in [9.17, 15) is 30.0 Å². The molecule has 10 atom stereocenters. The number of hydrogen-bond acceptors (Lipinski definition) is 11. The molecule has 236 valence electrons. The van der Waals surface area contributed by atoms with Gasteiger partial charge >= 0.3 is 0 Å². The number of rotatable bonds is 12. The molecule has 2 heterocycles. The highest BCUT2D eigenvalue weighted by atomic mass is 16.7. The maximum Gasteiger partial charge on any atom is 0.217 e. The highest BCUT2D eigenvalue weighted by Crippen LogP contribution is 2.31. The van der Waals surface area contributed by atoms with Crippen LogP contribution >= 0.6 is 0 Å². The quantitative estimate of drug-likeness (QED) is 0.181. The first kappa shape index (κ1) is 32.9. The average molecular weight is 605 g/mol. The van der Waals surface area contributed by atoms with E-state index in [4.69, 9.17) is 23.7 Å². The number of ether oxygens (including phenoxy) is 5. The summed E-state index contributed by atoms with van der Waals surface area (Å²) < 4.78 is 30.3. The number of benzene rings is 2. The van der Waals surface area contributed by atoms with Gasteiger partial charge in [-0.25, -0.2) is 0 Å². The van der Waals surface area contributed by atoms with Crippen molar-refractivity contribution in [3.63, 3.8) is 0 Å². The van der Waals surface area contributed by atoms with E-state index in [2.05, 4.69) is 10.6 Å². The Labute approximate surface area is 249 Å². The lowest BCUT2D eigenvalue weighted by Crippen LogP contribution is -2.69. The Bertz CT molecular complexity index is 1160. The average Bonchev–Trinajstić information content (AvgIpc) is 2.99. The van der Waals surface area contributed by atoms with Crippen LogP contribution in [0.4, 0.5) is 0 Å². The lowest BCUT2D eigenvalue weighted by Gasteiger charge is -2.48. The molecule has 0 aliphatic carbocycles. The van der Waals surface area contributed by atoms with Crippen LogP contribution < -0.4 is 10.6 Å². The predicted molar refractivity (Wildman–Crippen MR) is 150 cm³/mol. The Kier molecular flexibility index (Phi) is 12.0. The standard InChI is InChI=1S/C30H40N2O11/c1-17(34)31-23-26(37)25(36)21(13-33)42-30(23)43-28-24(32-18(2)35)29(38)41-22(16-39-14-19-9-5-3-6-10-19)27(28)40-15-20-11-7-4-8-12-20/h3-12,21-30,33,36-38H,13-16H2,1-2H3,(H,31,34)(H,32,35)/t21-,22-,23-,24-,25+,26-,27+,28-,29+,30+/m1/s1. The number of hydrogen-bond donors (Lipinski definition) is 6. The molecule has 4 rings (SSSR count). The third-order valence-corrected chi connectivity index (χ3v) is 7.26. The van der Waals surface area contributed by atoms with Crippen LogP contribution in [-0.2, 0) is 46.5 Å². The first-order valence-electron chi connectivity index (χ1n) is 14.1. The molecule has 0 spiro atoms. The largest absolute Gasteiger partial charge is 0.394 e. The fourth-order valence-corrected chi connectivity index (χ4v) is 5.18. The van der Waals surface area contributed by atoms with Gasteiger partial charge in [-0.3, -0.25) is 9.59 Å².